The van der Waals surface area contributed by atoms with Gasteiger partial charge in [-0.15, -0.1) is 0 Å². The molecule has 2 aliphatic heterocycles. The van der Waals surface area contributed by atoms with Crippen molar-refractivity contribution in [3.63, 3.8) is 0 Å². The van der Waals surface area contributed by atoms with E-state index in [0.717, 1.165) is 42.8 Å². The van der Waals surface area contributed by atoms with Gasteiger partial charge in [0.15, 0.2) is 0 Å². The highest BCUT2D eigenvalue weighted by Crippen LogP contribution is 2.34. The average molecular weight is 394 g/mol. The summed E-state index contributed by atoms with van der Waals surface area (Å²) in [5.41, 5.74) is 3.50. The summed E-state index contributed by atoms with van der Waals surface area (Å²) in [6.07, 6.45) is 2.75. The van der Waals surface area contributed by atoms with E-state index in [0.29, 0.717) is 24.4 Å². The SMILES string of the molecule is Cc1cccc(C2=NN(C(=O)CN3CCC(C)CC3)[C@H](c3ccccc3F)C2)c1. The summed E-state index contributed by atoms with van der Waals surface area (Å²) < 4.78 is 14.6. The van der Waals surface area contributed by atoms with Crippen molar-refractivity contribution < 1.29 is 9.18 Å². The summed E-state index contributed by atoms with van der Waals surface area (Å²) in [6.45, 7) is 6.49. The second-order valence-corrected chi connectivity index (χ2v) is 8.35. The molecular weight excluding hydrogens is 365 g/mol. The highest BCUT2D eigenvalue weighted by molar-refractivity contribution is 6.03. The van der Waals surface area contributed by atoms with Gasteiger partial charge in [-0.1, -0.05) is 55.0 Å². The van der Waals surface area contributed by atoms with Crippen LogP contribution in [0.5, 0.6) is 0 Å². The van der Waals surface area contributed by atoms with Crippen LogP contribution < -0.4 is 0 Å². The summed E-state index contributed by atoms with van der Waals surface area (Å²) in [5.74, 6) is 0.364. The van der Waals surface area contributed by atoms with Crippen LogP contribution in [-0.2, 0) is 4.79 Å². The summed E-state index contributed by atoms with van der Waals surface area (Å²) in [4.78, 5) is 15.4. The maximum absolute atomic E-state index is 14.6. The van der Waals surface area contributed by atoms with E-state index in [-0.39, 0.29) is 11.7 Å². The lowest BCUT2D eigenvalue weighted by molar-refractivity contribution is -0.134. The van der Waals surface area contributed by atoms with Crippen LogP contribution in [0, 0.1) is 18.7 Å². The number of amides is 1. The van der Waals surface area contributed by atoms with Crippen molar-refractivity contribution in [1.82, 2.24) is 9.91 Å². The van der Waals surface area contributed by atoms with Crippen molar-refractivity contribution in [3.8, 4) is 0 Å². The molecule has 2 aromatic rings. The quantitative estimate of drug-likeness (QED) is 0.764. The van der Waals surface area contributed by atoms with Crippen LogP contribution in [0.25, 0.3) is 0 Å². The minimum absolute atomic E-state index is 0.0598. The van der Waals surface area contributed by atoms with Crippen molar-refractivity contribution in [3.05, 3.63) is 71.0 Å². The number of halogens is 1. The number of carbonyl (C=O) groups excluding carboxylic acids is 1. The Morgan fingerprint density at radius 2 is 1.90 bits per heavy atom. The Labute approximate surface area is 172 Å². The molecule has 29 heavy (non-hydrogen) atoms. The first-order valence-electron chi connectivity index (χ1n) is 10.4. The van der Waals surface area contributed by atoms with Crippen molar-refractivity contribution in [2.45, 2.75) is 39.2 Å². The molecule has 152 valence electrons. The molecule has 5 heteroatoms. The monoisotopic (exact) mass is 393 g/mol. The molecule has 1 amide bonds. The Bertz CT molecular complexity index is 918. The van der Waals surface area contributed by atoms with Crippen LogP contribution in [0.15, 0.2) is 53.6 Å². The molecule has 0 unspecified atom stereocenters. The third-order valence-electron chi connectivity index (χ3n) is 6.02. The normalized spacial score (nSPS) is 20.7. The zero-order valence-corrected chi connectivity index (χ0v) is 17.1. The second kappa shape index (κ2) is 8.46. The average Bonchev–Trinajstić information content (AvgIpc) is 3.15. The lowest BCUT2D eigenvalue weighted by atomic mass is 9.97. The summed E-state index contributed by atoms with van der Waals surface area (Å²) >= 11 is 0. The van der Waals surface area contributed by atoms with Gasteiger partial charge in [0.1, 0.15) is 5.82 Å². The van der Waals surface area contributed by atoms with Crippen molar-refractivity contribution in [2.75, 3.05) is 19.6 Å². The van der Waals surface area contributed by atoms with Crippen LogP contribution in [-0.4, -0.2) is 41.2 Å². The Morgan fingerprint density at radius 1 is 1.14 bits per heavy atom. The van der Waals surface area contributed by atoms with Crippen molar-refractivity contribution in [1.29, 1.82) is 0 Å². The number of aryl methyl sites for hydroxylation is 1. The van der Waals surface area contributed by atoms with Gasteiger partial charge in [-0.25, -0.2) is 9.40 Å². The van der Waals surface area contributed by atoms with Crippen molar-refractivity contribution >= 4 is 11.6 Å². The van der Waals surface area contributed by atoms with Crippen molar-refractivity contribution in [2.24, 2.45) is 11.0 Å². The maximum atomic E-state index is 14.6. The topological polar surface area (TPSA) is 35.9 Å². The first-order chi connectivity index (χ1) is 14.0. The zero-order valence-electron chi connectivity index (χ0n) is 17.1. The first-order valence-corrected chi connectivity index (χ1v) is 10.4. The number of hydrogen-bond donors (Lipinski definition) is 0. The lowest BCUT2D eigenvalue weighted by Crippen LogP contribution is -2.41. The van der Waals surface area contributed by atoms with Crippen LogP contribution in [0.4, 0.5) is 4.39 Å². The van der Waals surface area contributed by atoms with Gasteiger partial charge in [-0.2, -0.15) is 5.10 Å². The number of nitrogens with zero attached hydrogens (tertiary/aromatic N) is 3. The molecule has 2 aromatic carbocycles. The Hall–Kier alpha value is -2.53. The molecule has 4 rings (SSSR count). The molecule has 0 bridgehead atoms. The third-order valence-corrected chi connectivity index (χ3v) is 6.02. The first kappa shape index (κ1) is 19.8. The highest BCUT2D eigenvalue weighted by Gasteiger charge is 2.35. The number of hydrogen-bond acceptors (Lipinski definition) is 3. The van der Waals surface area contributed by atoms with Crippen LogP contribution >= 0.6 is 0 Å². The smallest absolute Gasteiger partial charge is 0.257 e. The summed E-state index contributed by atoms with van der Waals surface area (Å²) in [7, 11) is 0. The van der Waals surface area contributed by atoms with E-state index in [1.807, 2.05) is 31.2 Å². The van der Waals surface area contributed by atoms with E-state index >= 15 is 0 Å². The minimum atomic E-state index is -0.400. The molecule has 0 spiro atoms. The van der Waals surface area contributed by atoms with E-state index in [2.05, 4.69) is 23.0 Å². The molecule has 4 nitrogen and oxygen atoms in total. The maximum Gasteiger partial charge on any atom is 0.257 e. The number of rotatable bonds is 4. The molecule has 0 saturated carbocycles. The number of hydrazone groups is 1. The predicted molar refractivity (Wildman–Crippen MR) is 113 cm³/mol. The van der Waals surface area contributed by atoms with Gasteiger partial charge in [0.25, 0.3) is 5.91 Å². The Balaban J connectivity index is 1.60. The molecule has 0 aliphatic carbocycles. The number of likely N-dealkylation sites (tertiary alicyclic amines) is 1. The van der Waals surface area contributed by atoms with E-state index in [9.17, 15) is 9.18 Å². The second-order valence-electron chi connectivity index (χ2n) is 8.35. The molecule has 0 aromatic heterocycles. The van der Waals surface area contributed by atoms with Crippen LogP contribution in [0.2, 0.25) is 0 Å². The fourth-order valence-corrected chi connectivity index (χ4v) is 4.21. The van der Waals surface area contributed by atoms with E-state index < -0.39 is 6.04 Å². The summed E-state index contributed by atoms with van der Waals surface area (Å²) in [6, 6.07) is 14.4. The molecule has 2 aliphatic rings. The van der Waals surface area contributed by atoms with Gasteiger partial charge in [0.2, 0.25) is 0 Å². The predicted octanol–water partition coefficient (Wildman–Crippen LogP) is 4.54. The van der Waals surface area contributed by atoms with Gasteiger partial charge in [0, 0.05) is 12.0 Å². The molecule has 0 N–H and O–H groups in total. The Kier molecular flexibility index (Phi) is 5.76. The van der Waals surface area contributed by atoms with Gasteiger partial charge in [-0.05, 0) is 50.4 Å². The number of benzene rings is 2. The molecule has 1 fully saturated rings. The molecule has 1 atom stereocenters. The number of piperidine rings is 1. The lowest BCUT2D eigenvalue weighted by Gasteiger charge is -2.31. The van der Waals surface area contributed by atoms with Gasteiger partial charge in [-0.3, -0.25) is 9.69 Å². The van der Waals surface area contributed by atoms with Crippen LogP contribution in [0.1, 0.15) is 48.9 Å². The zero-order chi connectivity index (χ0) is 20.4. The third kappa shape index (κ3) is 4.40. The van der Waals surface area contributed by atoms with E-state index in [1.54, 1.807) is 12.1 Å². The Morgan fingerprint density at radius 3 is 2.62 bits per heavy atom. The van der Waals surface area contributed by atoms with E-state index in [1.165, 1.54) is 11.1 Å². The minimum Gasteiger partial charge on any atom is -0.294 e. The standard InChI is InChI=1S/C24H28FN3O/c1-17-10-12-27(13-11-17)16-24(29)28-23(20-8-3-4-9-21(20)25)15-22(26-28)19-7-5-6-18(2)14-19/h3-9,14,17,23H,10-13,15-16H2,1-2H3/t23-/m0/s1. The number of carbonyl (C=O) groups is 1. The van der Waals surface area contributed by atoms with Gasteiger partial charge >= 0.3 is 0 Å². The highest BCUT2D eigenvalue weighted by atomic mass is 19.1. The molecule has 0 radical (unpaired) electrons. The van der Waals surface area contributed by atoms with E-state index in [4.69, 9.17) is 0 Å². The van der Waals surface area contributed by atoms with Crippen LogP contribution in [0.3, 0.4) is 0 Å². The fourth-order valence-electron chi connectivity index (χ4n) is 4.21. The van der Waals surface area contributed by atoms with Gasteiger partial charge < -0.3 is 0 Å². The van der Waals surface area contributed by atoms with Gasteiger partial charge in [0.05, 0.1) is 18.3 Å². The molecule has 2 heterocycles. The molecular formula is C24H28FN3O. The molecule has 1 saturated heterocycles. The fraction of sp³-hybridized carbons (Fsp3) is 0.417. The summed E-state index contributed by atoms with van der Waals surface area (Å²) in [5, 5.41) is 6.21. The largest absolute Gasteiger partial charge is 0.294 e.